The Morgan fingerprint density at radius 2 is 1.19 bits per heavy atom. The Morgan fingerprint density at radius 3 is 1.72 bits per heavy atom. The maximum Gasteiger partial charge on any atom is 0.294 e. The number of benzene rings is 2. The molecule has 43 heavy (non-hydrogen) atoms. The van der Waals surface area contributed by atoms with Gasteiger partial charge in [0.05, 0.1) is 29.3 Å². The lowest BCUT2D eigenvalue weighted by molar-refractivity contribution is 0.149. The van der Waals surface area contributed by atoms with Gasteiger partial charge >= 0.3 is 0 Å². The molecule has 16 nitrogen and oxygen atoms in total. The molecule has 0 saturated heterocycles. The zero-order valence-electron chi connectivity index (χ0n) is 24.3. The lowest BCUT2D eigenvalue weighted by Crippen LogP contribution is -2.26. The van der Waals surface area contributed by atoms with Crippen molar-refractivity contribution in [3.63, 3.8) is 0 Å². The summed E-state index contributed by atoms with van der Waals surface area (Å²) in [5.41, 5.74) is 0.619. The zero-order valence-corrected chi connectivity index (χ0v) is 26.7. The average Bonchev–Trinajstić information content (AvgIpc) is 2.93. The van der Waals surface area contributed by atoms with Crippen molar-refractivity contribution in [2.75, 3.05) is 48.5 Å². The molecule has 0 radical (unpaired) electrons. The molecule has 0 atom stereocenters. The topological polar surface area (TPSA) is 239 Å². The van der Waals surface area contributed by atoms with Gasteiger partial charge in [0, 0.05) is 24.5 Å². The third-order valence-corrected chi connectivity index (χ3v) is 7.02. The van der Waals surface area contributed by atoms with Gasteiger partial charge in [-0.2, -0.15) is 31.8 Å². The van der Waals surface area contributed by atoms with Gasteiger partial charge in [-0.15, -0.1) is 0 Å². The molecule has 0 saturated carbocycles. The molecule has 0 aliphatic heterocycles. The quantitative estimate of drug-likeness (QED) is 0.107. The fourth-order valence-corrected chi connectivity index (χ4v) is 4.37. The van der Waals surface area contributed by atoms with E-state index in [0.717, 1.165) is 6.26 Å². The van der Waals surface area contributed by atoms with E-state index in [0.29, 0.717) is 5.69 Å². The standard InChI is InChI=1S/C20H25N7O9S3.2C2H6/c1-37(28,29)22-10-12-36-11-9-21-18-25-19(23-14-5-7-16(8-6-14)38(30,31)32)27-20(26-18)24-15-3-2-4-17(13-15)39(33,34)35;2*1-2/h2-8,13,22H,9-12H2,1H3,(H,30,31,32)(H,33,34,35)(H3,21,23,24,25,26,27);2*1-2H3. The van der Waals surface area contributed by atoms with Crippen LogP contribution in [0.3, 0.4) is 0 Å². The van der Waals surface area contributed by atoms with Gasteiger partial charge in [0.1, 0.15) is 0 Å². The van der Waals surface area contributed by atoms with E-state index < -0.39 is 30.3 Å². The van der Waals surface area contributed by atoms with Crippen molar-refractivity contribution in [3.05, 3.63) is 48.5 Å². The van der Waals surface area contributed by atoms with Crippen molar-refractivity contribution in [2.45, 2.75) is 37.5 Å². The maximum absolute atomic E-state index is 11.5. The number of ether oxygens (including phenoxy) is 1. The Balaban J connectivity index is 0.00000221. The van der Waals surface area contributed by atoms with Gasteiger partial charge < -0.3 is 20.7 Å². The highest BCUT2D eigenvalue weighted by Gasteiger charge is 2.13. The Bertz CT molecular complexity index is 1620. The average molecular weight is 664 g/mol. The van der Waals surface area contributed by atoms with E-state index in [1.807, 2.05) is 27.7 Å². The molecule has 3 aromatic rings. The Labute approximate surface area is 252 Å². The fraction of sp³-hybridized carbons (Fsp3) is 0.375. The first kappa shape index (κ1) is 37.6. The minimum absolute atomic E-state index is 0.0128. The van der Waals surface area contributed by atoms with Crippen molar-refractivity contribution < 1.29 is 39.1 Å². The first-order valence-corrected chi connectivity index (χ1v) is 17.7. The third-order valence-electron chi connectivity index (χ3n) is 4.57. The van der Waals surface area contributed by atoms with E-state index in [1.54, 1.807) is 0 Å². The van der Waals surface area contributed by atoms with E-state index in [2.05, 4.69) is 35.6 Å². The van der Waals surface area contributed by atoms with E-state index in [9.17, 15) is 29.8 Å². The predicted molar refractivity (Wildman–Crippen MR) is 164 cm³/mol. The highest BCUT2D eigenvalue weighted by atomic mass is 32.2. The van der Waals surface area contributed by atoms with Crippen LogP contribution in [0.4, 0.5) is 29.2 Å². The maximum atomic E-state index is 11.5. The molecular weight excluding hydrogens is 627 g/mol. The van der Waals surface area contributed by atoms with Crippen LogP contribution < -0.4 is 20.7 Å². The first-order chi connectivity index (χ1) is 20.2. The van der Waals surface area contributed by atoms with Gasteiger partial charge in [-0.1, -0.05) is 33.8 Å². The van der Waals surface area contributed by atoms with Gasteiger partial charge in [-0.05, 0) is 42.5 Å². The second-order valence-electron chi connectivity index (χ2n) is 7.76. The molecule has 0 fully saturated rings. The van der Waals surface area contributed by atoms with Crippen LogP contribution in [0.15, 0.2) is 58.3 Å². The SMILES string of the molecule is CC.CC.CS(=O)(=O)NCCOCCNc1nc(Nc2ccc(S(=O)(=O)O)cc2)nc(Nc2cccc(S(=O)(=O)O)c2)n1. The minimum atomic E-state index is -4.45. The smallest absolute Gasteiger partial charge is 0.294 e. The second kappa shape index (κ2) is 17.6. The molecule has 240 valence electrons. The summed E-state index contributed by atoms with van der Waals surface area (Å²) in [6.45, 7) is 8.64. The van der Waals surface area contributed by atoms with Gasteiger partial charge in [0.15, 0.2) is 0 Å². The Kier molecular flexibility index (Phi) is 15.4. The highest BCUT2D eigenvalue weighted by Crippen LogP contribution is 2.22. The molecule has 2 aromatic carbocycles. The van der Waals surface area contributed by atoms with Gasteiger partial charge in [-0.25, -0.2) is 13.1 Å². The number of hydrogen-bond acceptors (Lipinski definition) is 13. The molecule has 0 amide bonds. The second-order valence-corrected chi connectivity index (χ2v) is 12.4. The summed E-state index contributed by atoms with van der Waals surface area (Å²) in [5, 5.41) is 8.60. The molecule has 1 aromatic heterocycles. The molecule has 0 unspecified atom stereocenters. The van der Waals surface area contributed by atoms with Gasteiger partial charge in [-0.3, -0.25) is 9.11 Å². The Morgan fingerprint density at radius 1 is 0.674 bits per heavy atom. The number of aromatic nitrogens is 3. The van der Waals surface area contributed by atoms with Crippen LogP contribution in [0, 0.1) is 0 Å². The number of hydrogen-bond donors (Lipinski definition) is 6. The first-order valence-electron chi connectivity index (χ1n) is 12.9. The summed E-state index contributed by atoms with van der Waals surface area (Å²) >= 11 is 0. The third kappa shape index (κ3) is 14.5. The highest BCUT2D eigenvalue weighted by molar-refractivity contribution is 7.88. The zero-order chi connectivity index (χ0) is 32.7. The lowest BCUT2D eigenvalue weighted by Gasteiger charge is -2.12. The summed E-state index contributed by atoms with van der Waals surface area (Å²) in [4.78, 5) is 12.0. The van der Waals surface area contributed by atoms with Gasteiger partial charge in [0.2, 0.25) is 27.9 Å². The minimum Gasteiger partial charge on any atom is -0.378 e. The largest absolute Gasteiger partial charge is 0.378 e. The number of rotatable bonds is 14. The summed E-state index contributed by atoms with van der Waals surface area (Å²) in [6.07, 6.45) is 1.04. The predicted octanol–water partition coefficient (Wildman–Crippen LogP) is 2.88. The van der Waals surface area contributed by atoms with E-state index in [-0.39, 0.29) is 59.6 Å². The van der Waals surface area contributed by atoms with Crippen molar-refractivity contribution in [3.8, 4) is 0 Å². The van der Waals surface area contributed by atoms with E-state index >= 15 is 0 Å². The van der Waals surface area contributed by atoms with Gasteiger partial charge in [0.25, 0.3) is 20.2 Å². The van der Waals surface area contributed by atoms with Crippen LogP contribution in [-0.2, 0) is 35.0 Å². The summed E-state index contributed by atoms with van der Waals surface area (Å²) in [5.74, 6) is 0.0717. The summed E-state index contributed by atoms with van der Waals surface area (Å²) in [6, 6.07) is 10.4. The van der Waals surface area contributed by atoms with Crippen molar-refractivity contribution in [2.24, 2.45) is 0 Å². The molecule has 1 heterocycles. The summed E-state index contributed by atoms with van der Waals surface area (Å²) < 4.78 is 93.7. The molecule has 0 aliphatic carbocycles. The van der Waals surface area contributed by atoms with Crippen LogP contribution in [0.2, 0.25) is 0 Å². The van der Waals surface area contributed by atoms with Crippen LogP contribution >= 0.6 is 0 Å². The van der Waals surface area contributed by atoms with E-state index in [1.165, 1.54) is 48.5 Å². The number of anilines is 5. The molecule has 0 spiro atoms. The lowest BCUT2D eigenvalue weighted by atomic mass is 10.3. The summed E-state index contributed by atoms with van der Waals surface area (Å²) in [7, 11) is -12.1. The molecule has 0 bridgehead atoms. The number of nitrogens with zero attached hydrogens (tertiary/aromatic N) is 3. The molecule has 0 aliphatic rings. The van der Waals surface area contributed by atoms with Crippen molar-refractivity contribution >= 4 is 59.5 Å². The number of nitrogens with one attached hydrogen (secondary N) is 4. The van der Waals surface area contributed by atoms with Crippen molar-refractivity contribution in [1.82, 2.24) is 19.7 Å². The molecule has 6 N–H and O–H groups in total. The van der Waals surface area contributed by atoms with Crippen LogP contribution in [0.25, 0.3) is 0 Å². The Hall–Kier alpha value is -3.46. The van der Waals surface area contributed by atoms with Crippen molar-refractivity contribution in [1.29, 1.82) is 0 Å². The van der Waals surface area contributed by atoms with E-state index in [4.69, 9.17) is 9.29 Å². The van der Waals surface area contributed by atoms with Crippen LogP contribution in [0.1, 0.15) is 27.7 Å². The molecule has 3 rings (SSSR count). The fourth-order valence-electron chi connectivity index (χ4n) is 2.91. The molecule has 19 heteroatoms. The van der Waals surface area contributed by atoms with Crippen LogP contribution in [0.5, 0.6) is 0 Å². The monoisotopic (exact) mass is 663 g/mol. The normalized spacial score (nSPS) is 11.3. The van der Waals surface area contributed by atoms with Crippen LogP contribution in [-0.4, -0.2) is 81.9 Å². The molecular formula is C24H37N7O9S3. The number of sulfonamides is 1.